The summed E-state index contributed by atoms with van der Waals surface area (Å²) in [6, 6.07) is 8.27. The van der Waals surface area contributed by atoms with Crippen LogP contribution < -0.4 is 15.4 Å². The third-order valence-corrected chi connectivity index (χ3v) is 6.97. The molecular formula is C23H32N2O3. The van der Waals surface area contributed by atoms with Gasteiger partial charge in [0.25, 0.3) is 5.91 Å². The number of benzene rings is 1. The third kappa shape index (κ3) is 4.03. The molecule has 1 aliphatic heterocycles. The fraction of sp³-hybridized carbons (Fsp3) is 0.652. The summed E-state index contributed by atoms with van der Waals surface area (Å²) in [5, 5.41) is 6.35. The van der Waals surface area contributed by atoms with Gasteiger partial charge in [0, 0.05) is 18.0 Å². The average molecular weight is 385 g/mol. The van der Waals surface area contributed by atoms with Gasteiger partial charge in [-0.3, -0.25) is 9.59 Å². The van der Waals surface area contributed by atoms with Crippen LogP contribution in [0.1, 0.15) is 63.9 Å². The second-order valence-corrected chi connectivity index (χ2v) is 9.07. The minimum Gasteiger partial charge on any atom is -0.484 e. The average Bonchev–Trinajstić information content (AvgIpc) is 3.17. The molecule has 0 radical (unpaired) electrons. The number of carbonyl (C=O) groups excluding carboxylic acids is 2. The smallest absolute Gasteiger partial charge is 0.258 e. The van der Waals surface area contributed by atoms with Crippen LogP contribution in [0.4, 0.5) is 0 Å². The molecule has 152 valence electrons. The number of rotatable bonds is 5. The number of carbonyl (C=O) groups is 2. The van der Waals surface area contributed by atoms with Crippen molar-refractivity contribution in [2.45, 2.75) is 70.4 Å². The second kappa shape index (κ2) is 8.14. The molecule has 2 amide bonds. The van der Waals surface area contributed by atoms with E-state index in [0.717, 1.165) is 31.4 Å². The maximum absolute atomic E-state index is 12.4. The Morgan fingerprint density at radius 3 is 2.68 bits per heavy atom. The zero-order valence-electron chi connectivity index (χ0n) is 16.9. The van der Waals surface area contributed by atoms with E-state index in [2.05, 4.69) is 24.5 Å². The van der Waals surface area contributed by atoms with Crippen LogP contribution >= 0.6 is 0 Å². The fourth-order valence-corrected chi connectivity index (χ4v) is 5.49. The lowest BCUT2D eigenvalue weighted by molar-refractivity contribution is -0.132. The van der Waals surface area contributed by atoms with Crippen LogP contribution in [0.3, 0.4) is 0 Å². The van der Waals surface area contributed by atoms with E-state index in [1.54, 1.807) is 0 Å². The number of piperidine rings is 1. The molecule has 3 fully saturated rings. The maximum Gasteiger partial charge on any atom is 0.258 e. The summed E-state index contributed by atoms with van der Waals surface area (Å²) in [5.41, 5.74) is 1.26. The van der Waals surface area contributed by atoms with E-state index < -0.39 is 0 Å². The van der Waals surface area contributed by atoms with Crippen molar-refractivity contribution < 1.29 is 14.3 Å². The summed E-state index contributed by atoms with van der Waals surface area (Å²) in [6.45, 7) is 4.34. The van der Waals surface area contributed by atoms with Crippen LogP contribution in [0.25, 0.3) is 0 Å². The van der Waals surface area contributed by atoms with Crippen LogP contribution in [0, 0.1) is 17.8 Å². The van der Waals surface area contributed by atoms with Crippen molar-refractivity contribution in [3.63, 3.8) is 0 Å². The summed E-state index contributed by atoms with van der Waals surface area (Å²) in [5.74, 6) is 2.74. The van der Waals surface area contributed by atoms with Gasteiger partial charge in [-0.05, 0) is 67.6 Å². The van der Waals surface area contributed by atoms with E-state index >= 15 is 0 Å². The van der Waals surface area contributed by atoms with Gasteiger partial charge < -0.3 is 15.4 Å². The van der Waals surface area contributed by atoms with Gasteiger partial charge in [-0.2, -0.15) is 0 Å². The van der Waals surface area contributed by atoms with Crippen molar-refractivity contribution >= 4 is 11.8 Å². The van der Waals surface area contributed by atoms with E-state index in [0.29, 0.717) is 17.8 Å². The van der Waals surface area contributed by atoms with Gasteiger partial charge in [0.2, 0.25) is 5.91 Å². The molecule has 5 nitrogen and oxygen atoms in total. The molecule has 5 atom stereocenters. The maximum atomic E-state index is 12.4. The first-order chi connectivity index (χ1) is 13.5. The standard InChI is InChI=1S/C23H32N2O3/c1-14(2)15-6-9-17(10-7-15)28-13-22(26)24-16-8-11-19-18-4-3-5-20(18)23(27)25-21(19)12-16/h6-7,9-10,14,16,18-21H,3-5,8,11-13H2,1-2H3,(H,24,26)(H,25,27). The second-order valence-electron chi connectivity index (χ2n) is 9.07. The Bertz CT molecular complexity index is 715. The van der Waals surface area contributed by atoms with E-state index in [1.807, 2.05) is 24.3 Å². The molecule has 5 unspecified atom stereocenters. The third-order valence-electron chi connectivity index (χ3n) is 6.97. The molecule has 0 spiro atoms. The number of nitrogens with one attached hydrogen (secondary N) is 2. The molecule has 1 aromatic rings. The summed E-state index contributed by atoms with van der Waals surface area (Å²) in [4.78, 5) is 24.7. The molecule has 1 heterocycles. The predicted molar refractivity (Wildman–Crippen MR) is 108 cm³/mol. The van der Waals surface area contributed by atoms with Crippen molar-refractivity contribution in [3.05, 3.63) is 29.8 Å². The minimum absolute atomic E-state index is 0.0304. The number of amides is 2. The normalized spacial score (nSPS) is 31.7. The molecule has 0 aromatic heterocycles. The Kier molecular flexibility index (Phi) is 5.61. The molecular weight excluding hydrogens is 352 g/mol. The van der Waals surface area contributed by atoms with Gasteiger partial charge in [-0.15, -0.1) is 0 Å². The van der Waals surface area contributed by atoms with E-state index in [4.69, 9.17) is 4.74 Å². The molecule has 0 bridgehead atoms. The molecule has 28 heavy (non-hydrogen) atoms. The Morgan fingerprint density at radius 1 is 1.14 bits per heavy atom. The van der Waals surface area contributed by atoms with Crippen LogP contribution in [-0.2, 0) is 9.59 Å². The first-order valence-corrected chi connectivity index (χ1v) is 10.8. The summed E-state index contributed by atoms with van der Waals surface area (Å²) in [6.07, 6.45) is 6.36. The highest BCUT2D eigenvalue weighted by molar-refractivity contribution is 5.81. The molecule has 1 aromatic carbocycles. The predicted octanol–water partition coefficient (Wildman–Crippen LogP) is 3.39. The lowest BCUT2D eigenvalue weighted by Gasteiger charge is -2.45. The van der Waals surface area contributed by atoms with Gasteiger partial charge >= 0.3 is 0 Å². The van der Waals surface area contributed by atoms with Crippen molar-refractivity contribution in [3.8, 4) is 5.75 Å². The van der Waals surface area contributed by atoms with E-state index in [1.165, 1.54) is 18.4 Å². The number of fused-ring (bicyclic) bond motifs is 3. The molecule has 2 N–H and O–H groups in total. The first-order valence-electron chi connectivity index (χ1n) is 10.8. The Labute approximate surface area is 167 Å². The lowest BCUT2D eigenvalue weighted by atomic mass is 9.68. The Hall–Kier alpha value is -2.04. The van der Waals surface area contributed by atoms with Gasteiger partial charge in [-0.1, -0.05) is 32.4 Å². The summed E-state index contributed by atoms with van der Waals surface area (Å²) >= 11 is 0. The van der Waals surface area contributed by atoms with Gasteiger partial charge in [0.15, 0.2) is 6.61 Å². The highest BCUT2D eigenvalue weighted by Crippen LogP contribution is 2.46. The molecule has 3 aliphatic rings. The molecule has 5 heteroatoms. The molecule has 2 aliphatic carbocycles. The zero-order valence-corrected chi connectivity index (χ0v) is 16.9. The van der Waals surface area contributed by atoms with Crippen molar-refractivity contribution in [2.75, 3.05) is 6.61 Å². The highest BCUT2D eigenvalue weighted by atomic mass is 16.5. The summed E-state index contributed by atoms with van der Waals surface area (Å²) < 4.78 is 5.64. The lowest BCUT2D eigenvalue weighted by Crippen LogP contribution is -2.57. The fourth-order valence-electron chi connectivity index (χ4n) is 5.49. The van der Waals surface area contributed by atoms with Gasteiger partial charge in [-0.25, -0.2) is 0 Å². The van der Waals surface area contributed by atoms with Gasteiger partial charge in [0.05, 0.1) is 0 Å². The monoisotopic (exact) mass is 384 g/mol. The topological polar surface area (TPSA) is 67.4 Å². The number of hydrogen-bond donors (Lipinski definition) is 2. The highest BCUT2D eigenvalue weighted by Gasteiger charge is 2.48. The molecule has 1 saturated heterocycles. The van der Waals surface area contributed by atoms with Crippen LogP contribution in [0.5, 0.6) is 5.75 Å². The van der Waals surface area contributed by atoms with E-state index in [-0.39, 0.29) is 36.4 Å². The molecule has 2 saturated carbocycles. The van der Waals surface area contributed by atoms with Crippen LogP contribution in [0.15, 0.2) is 24.3 Å². The van der Waals surface area contributed by atoms with Crippen molar-refractivity contribution in [1.82, 2.24) is 10.6 Å². The zero-order chi connectivity index (χ0) is 19.7. The van der Waals surface area contributed by atoms with Crippen molar-refractivity contribution in [2.24, 2.45) is 17.8 Å². The largest absolute Gasteiger partial charge is 0.484 e. The Balaban J connectivity index is 1.26. The number of hydrogen-bond acceptors (Lipinski definition) is 3. The quantitative estimate of drug-likeness (QED) is 0.818. The summed E-state index contributed by atoms with van der Waals surface area (Å²) in [7, 11) is 0. The van der Waals surface area contributed by atoms with E-state index in [9.17, 15) is 9.59 Å². The number of ether oxygens (including phenoxy) is 1. The van der Waals surface area contributed by atoms with Crippen molar-refractivity contribution in [1.29, 1.82) is 0 Å². The van der Waals surface area contributed by atoms with Crippen LogP contribution in [0.2, 0.25) is 0 Å². The SMILES string of the molecule is CC(C)c1ccc(OCC(=O)NC2CCC3C(C2)NC(=O)C2CCCC23)cc1. The minimum atomic E-state index is -0.0859. The first kappa shape index (κ1) is 19.3. The Morgan fingerprint density at radius 2 is 1.93 bits per heavy atom. The molecule has 4 rings (SSSR count). The van der Waals surface area contributed by atoms with Crippen LogP contribution in [-0.4, -0.2) is 30.5 Å². The van der Waals surface area contributed by atoms with Gasteiger partial charge in [0.1, 0.15) is 5.75 Å².